The number of aryl methyl sites for hydroxylation is 2. The fourth-order valence-corrected chi connectivity index (χ4v) is 5.92. The number of ether oxygens (including phenoxy) is 1. The minimum Gasteiger partial charge on any atom is -0.492 e. The summed E-state index contributed by atoms with van der Waals surface area (Å²) in [6.45, 7) is 4.18. The van der Waals surface area contributed by atoms with Crippen LogP contribution in [0.15, 0.2) is 60.8 Å². The second kappa shape index (κ2) is 11.5. The highest BCUT2D eigenvalue weighted by Crippen LogP contribution is 2.39. The zero-order chi connectivity index (χ0) is 25.7. The molecule has 7 heteroatoms. The SMILES string of the molecule is Cn1nccc1C(=O)N1CCC2(CCCCc3ccccc3OCCN(Cc3ccccc3F)C2)CC1. The molecule has 0 bridgehead atoms. The Labute approximate surface area is 219 Å². The molecule has 6 nitrogen and oxygen atoms in total. The molecule has 196 valence electrons. The summed E-state index contributed by atoms with van der Waals surface area (Å²) in [5.74, 6) is 0.854. The Bertz CT molecular complexity index is 1200. The Balaban J connectivity index is 1.34. The van der Waals surface area contributed by atoms with Crippen molar-refractivity contribution in [2.24, 2.45) is 12.5 Å². The summed E-state index contributed by atoms with van der Waals surface area (Å²) in [5.41, 5.74) is 2.70. The average Bonchev–Trinajstić information content (AvgIpc) is 3.34. The zero-order valence-corrected chi connectivity index (χ0v) is 21.7. The monoisotopic (exact) mass is 504 g/mol. The van der Waals surface area contributed by atoms with E-state index in [1.54, 1.807) is 23.0 Å². The molecule has 0 atom stereocenters. The van der Waals surface area contributed by atoms with Crippen molar-refractivity contribution in [2.75, 3.05) is 32.8 Å². The van der Waals surface area contributed by atoms with Gasteiger partial charge in [0, 0.05) is 51.5 Å². The molecule has 2 aliphatic rings. The van der Waals surface area contributed by atoms with Gasteiger partial charge in [0.05, 0.1) is 0 Å². The molecule has 1 saturated heterocycles. The molecule has 0 unspecified atom stereocenters. The van der Waals surface area contributed by atoms with Gasteiger partial charge in [-0.15, -0.1) is 0 Å². The number of piperidine rings is 1. The maximum Gasteiger partial charge on any atom is 0.272 e. The van der Waals surface area contributed by atoms with Gasteiger partial charge < -0.3 is 9.64 Å². The molecule has 1 amide bonds. The van der Waals surface area contributed by atoms with Crippen LogP contribution in [0.25, 0.3) is 0 Å². The smallest absolute Gasteiger partial charge is 0.272 e. The van der Waals surface area contributed by atoms with Crippen LogP contribution < -0.4 is 4.74 Å². The number of nitrogens with zero attached hydrogens (tertiary/aromatic N) is 4. The molecule has 3 aromatic rings. The topological polar surface area (TPSA) is 50.6 Å². The van der Waals surface area contributed by atoms with E-state index in [-0.39, 0.29) is 17.1 Å². The number of aromatic nitrogens is 2. The number of carbonyl (C=O) groups excluding carboxylic acids is 1. The third-order valence-corrected chi connectivity index (χ3v) is 8.10. The van der Waals surface area contributed by atoms with Crippen LogP contribution in [0.2, 0.25) is 0 Å². The summed E-state index contributed by atoms with van der Waals surface area (Å²) in [6.07, 6.45) is 7.91. The number of hydrogen-bond donors (Lipinski definition) is 0. The van der Waals surface area contributed by atoms with Crippen molar-refractivity contribution in [1.29, 1.82) is 0 Å². The minimum absolute atomic E-state index is 0.0521. The highest BCUT2D eigenvalue weighted by atomic mass is 19.1. The second-order valence-electron chi connectivity index (χ2n) is 10.6. The number of amides is 1. The number of hydrogen-bond acceptors (Lipinski definition) is 4. The minimum atomic E-state index is -0.162. The Morgan fingerprint density at radius 2 is 1.78 bits per heavy atom. The lowest BCUT2D eigenvalue weighted by Gasteiger charge is -2.45. The van der Waals surface area contributed by atoms with Crippen LogP contribution in [0.1, 0.15) is 53.7 Å². The van der Waals surface area contributed by atoms with Crippen molar-refractivity contribution in [2.45, 2.75) is 45.1 Å². The third-order valence-electron chi connectivity index (χ3n) is 8.10. The van der Waals surface area contributed by atoms with Gasteiger partial charge in [-0.3, -0.25) is 14.4 Å². The van der Waals surface area contributed by atoms with Crippen LogP contribution in [0.4, 0.5) is 4.39 Å². The van der Waals surface area contributed by atoms with E-state index in [2.05, 4.69) is 28.2 Å². The summed E-state index contributed by atoms with van der Waals surface area (Å²) >= 11 is 0. The van der Waals surface area contributed by atoms with Crippen LogP contribution in [0.5, 0.6) is 5.75 Å². The number of halogens is 1. The molecule has 1 spiro atoms. The lowest BCUT2D eigenvalue weighted by Crippen LogP contribution is -2.48. The van der Waals surface area contributed by atoms with Crippen LogP contribution >= 0.6 is 0 Å². The van der Waals surface area contributed by atoms with E-state index >= 15 is 0 Å². The van der Waals surface area contributed by atoms with Gasteiger partial charge >= 0.3 is 0 Å². The summed E-state index contributed by atoms with van der Waals surface area (Å²) in [5, 5.41) is 4.17. The van der Waals surface area contributed by atoms with Crippen LogP contribution in [0, 0.1) is 11.2 Å². The van der Waals surface area contributed by atoms with Crippen LogP contribution in [-0.4, -0.2) is 58.3 Å². The molecule has 1 fully saturated rings. The molecule has 0 saturated carbocycles. The molecule has 1 aromatic heterocycles. The average molecular weight is 505 g/mol. The first-order valence-corrected chi connectivity index (χ1v) is 13.5. The van der Waals surface area contributed by atoms with Gasteiger partial charge in [0.25, 0.3) is 5.91 Å². The maximum absolute atomic E-state index is 14.6. The number of fused-ring (bicyclic) bond motifs is 1. The van der Waals surface area contributed by atoms with Crippen molar-refractivity contribution < 1.29 is 13.9 Å². The molecule has 0 aliphatic carbocycles. The lowest BCUT2D eigenvalue weighted by atomic mass is 9.73. The zero-order valence-electron chi connectivity index (χ0n) is 21.7. The second-order valence-corrected chi connectivity index (χ2v) is 10.6. The number of likely N-dealkylation sites (tertiary alicyclic amines) is 1. The fraction of sp³-hybridized carbons (Fsp3) is 0.467. The normalized spacial score (nSPS) is 18.9. The van der Waals surface area contributed by atoms with Crippen LogP contribution in [0.3, 0.4) is 0 Å². The first kappa shape index (κ1) is 25.5. The maximum atomic E-state index is 14.6. The highest BCUT2D eigenvalue weighted by Gasteiger charge is 2.37. The van der Waals surface area contributed by atoms with Gasteiger partial charge in [-0.05, 0) is 61.3 Å². The Kier molecular flexibility index (Phi) is 7.89. The van der Waals surface area contributed by atoms with Crippen molar-refractivity contribution >= 4 is 5.91 Å². The molecular weight excluding hydrogens is 467 g/mol. The summed E-state index contributed by atoms with van der Waals surface area (Å²) in [4.78, 5) is 17.4. The Morgan fingerprint density at radius 1 is 1.00 bits per heavy atom. The van der Waals surface area contributed by atoms with E-state index < -0.39 is 0 Å². The number of carbonyl (C=O) groups is 1. The molecular formula is C30H37FN4O2. The molecule has 2 aromatic carbocycles. The van der Waals surface area contributed by atoms with Crippen molar-refractivity contribution in [3.8, 4) is 5.75 Å². The number of rotatable bonds is 3. The largest absolute Gasteiger partial charge is 0.492 e. The molecule has 37 heavy (non-hydrogen) atoms. The van der Waals surface area contributed by atoms with E-state index in [0.29, 0.717) is 24.4 Å². The van der Waals surface area contributed by atoms with Gasteiger partial charge in [0.15, 0.2) is 0 Å². The predicted octanol–water partition coefficient (Wildman–Crippen LogP) is 5.09. The molecule has 0 radical (unpaired) electrons. The lowest BCUT2D eigenvalue weighted by molar-refractivity contribution is 0.0352. The van der Waals surface area contributed by atoms with E-state index in [4.69, 9.17) is 4.74 Å². The number of benzene rings is 2. The van der Waals surface area contributed by atoms with Crippen molar-refractivity contribution in [3.05, 3.63) is 83.4 Å². The molecule has 2 aliphatic heterocycles. The van der Waals surface area contributed by atoms with Gasteiger partial charge in [0.1, 0.15) is 23.9 Å². The Hall–Kier alpha value is -3.19. The quantitative estimate of drug-likeness (QED) is 0.499. The predicted molar refractivity (Wildman–Crippen MR) is 142 cm³/mol. The van der Waals surface area contributed by atoms with Gasteiger partial charge in [0.2, 0.25) is 0 Å². The summed E-state index contributed by atoms with van der Waals surface area (Å²) in [6, 6.07) is 17.2. The Morgan fingerprint density at radius 3 is 2.57 bits per heavy atom. The summed E-state index contributed by atoms with van der Waals surface area (Å²) < 4.78 is 22.5. The van der Waals surface area contributed by atoms with Crippen molar-refractivity contribution in [3.63, 3.8) is 0 Å². The van der Waals surface area contributed by atoms with Crippen molar-refractivity contribution in [1.82, 2.24) is 19.6 Å². The fourth-order valence-electron chi connectivity index (χ4n) is 5.92. The highest BCUT2D eigenvalue weighted by molar-refractivity contribution is 5.92. The van der Waals surface area contributed by atoms with E-state index in [1.807, 2.05) is 30.1 Å². The van der Waals surface area contributed by atoms with Gasteiger partial charge in [-0.2, -0.15) is 5.10 Å². The summed E-state index contributed by atoms with van der Waals surface area (Å²) in [7, 11) is 1.81. The number of para-hydroxylation sites is 1. The standard InChI is InChI=1S/C30H37FN4O2/c1-33-27(13-17-32-33)29(36)35-18-15-30(16-19-35)14-7-6-9-24-8-3-5-12-28(24)37-21-20-34(23-30)22-25-10-2-4-11-26(25)31/h2-5,8,10-13,17H,6-7,9,14-16,18-23H2,1H3. The van der Waals surface area contributed by atoms with E-state index in [9.17, 15) is 9.18 Å². The van der Waals surface area contributed by atoms with Crippen LogP contribution in [-0.2, 0) is 20.0 Å². The molecule has 0 N–H and O–H groups in total. The first-order valence-electron chi connectivity index (χ1n) is 13.5. The molecule has 5 rings (SSSR count). The van der Waals surface area contributed by atoms with E-state index in [0.717, 1.165) is 70.5 Å². The van der Waals surface area contributed by atoms with E-state index in [1.165, 1.54) is 11.6 Å². The van der Waals surface area contributed by atoms with Gasteiger partial charge in [-0.25, -0.2) is 4.39 Å². The third kappa shape index (κ3) is 6.04. The first-order chi connectivity index (χ1) is 18.0. The molecule has 3 heterocycles. The van der Waals surface area contributed by atoms with Gasteiger partial charge in [-0.1, -0.05) is 42.8 Å².